The highest BCUT2D eigenvalue weighted by Gasteiger charge is 2.28. The van der Waals surface area contributed by atoms with Gasteiger partial charge in [-0.05, 0) is 99.5 Å². The highest BCUT2D eigenvalue weighted by atomic mass is 35.5. The van der Waals surface area contributed by atoms with Gasteiger partial charge in [-0.3, -0.25) is 0 Å². The molecule has 0 N–H and O–H groups in total. The standard InChI is InChI=1S/C25H39NO.ClH/c1-27-25-14-6-12-23-22(10-5-13-24(23)25)11-7-17-26-18-15-21(16-19-26)20-8-3-2-4-9-20;/h6,12,14,20-22H,2-5,7-11,13,15-19H2,1H3;1H. The fourth-order valence-corrected chi connectivity index (χ4v) is 6.22. The summed E-state index contributed by atoms with van der Waals surface area (Å²) >= 11 is 0. The SMILES string of the molecule is COc1cccc2c1CCCC2CCCN1CCC(C2CCCCC2)CC1.Cl. The molecule has 0 radical (unpaired) electrons. The first-order valence-electron chi connectivity index (χ1n) is 11.7. The van der Waals surface area contributed by atoms with Gasteiger partial charge in [0.05, 0.1) is 7.11 Å². The number of nitrogens with zero attached hydrogens (tertiary/aromatic N) is 1. The number of benzene rings is 1. The van der Waals surface area contributed by atoms with E-state index < -0.39 is 0 Å². The van der Waals surface area contributed by atoms with Crippen LogP contribution in [0.1, 0.15) is 87.7 Å². The molecule has 1 aromatic rings. The maximum absolute atomic E-state index is 5.61. The van der Waals surface area contributed by atoms with Crippen molar-refractivity contribution in [1.82, 2.24) is 4.90 Å². The first kappa shape index (κ1) is 22.0. The van der Waals surface area contributed by atoms with E-state index >= 15 is 0 Å². The van der Waals surface area contributed by atoms with Crippen LogP contribution >= 0.6 is 12.4 Å². The summed E-state index contributed by atoms with van der Waals surface area (Å²) in [6.45, 7) is 4.03. The second-order valence-electron chi connectivity index (χ2n) is 9.34. The minimum absolute atomic E-state index is 0. The van der Waals surface area contributed by atoms with Gasteiger partial charge < -0.3 is 9.64 Å². The molecular weight excluding hydrogens is 366 g/mol. The summed E-state index contributed by atoms with van der Waals surface area (Å²) < 4.78 is 5.61. The van der Waals surface area contributed by atoms with Gasteiger partial charge in [-0.15, -0.1) is 12.4 Å². The van der Waals surface area contributed by atoms with Crippen LogP contribution < -0.4 is 4.74 Å². The normalized spacial score (nSPS) is 24.4. The lowest BCUT2D eigenvalue weighted by Gasteiger charge is -2.38. The maximum atomic E-state index is 5.61. The van der Waals surface area contributed by atoms with Crippen molar-refractivity contribution in [3.05, 3.63) is 29.3 Å². The Morgan fingerprint density at radius 1 is 0.929 bits per heavy atom. The monoisotopic (exact) mass is 405 g/mol. The predicted octanol–water partition coefficient (Wildman–Crippen LogP) is 6.61. The van der Waals surface area contributed by atoms with Gasteiger partial charge in [-0.25, -0.2) is 0 Å². The van der Waals surface area contributed by atoms with Crippen molar-refractivity contribution in [2.24, 2.45) is 11.8 Å². The fraction of sp³-hybridized carbons (Fsp3) is 0.760. The average molecular weight is 406 g/mol. The molecule has 1 unspecified atom stereocenters. The van der Waals surface area contributed by atoms with Crippen LogP contribution in [0.25, 0.3) is 0 Å². The molecule has 1 saturated carbocycles. The molecule has 0 bridgehead atoms. The molecule has 1 atom stereocenters. The van der Waals surface area contributed by atoms with E-state index in [1.54, 1.807) is 5.56 Å². The quantitative estimate of drug-likeness (QED) is 0.527. The van der Waals surface area contributed by atoms with Crippen molar-refractivity contribution in [1.29, 1.82) is 0 Å². The molecule has 1 heterocycles. The molecule has 2 fully saturated rings. The van der Waals surface area contributed by atoms with E-state index in [1.807, 2.05) is 7.11 Å². The van der Waals surface area contributed by atoms with Crippen LogP contribution in [-0.4, -0.2) is 31.6 Å². The molecule has 158 valence electrons. The van der Waals surface area contributed by atoms with E-state index in [1.165, 1.54) is 102 Å². The van der Waals surface area contributed by atoms with Crippen molar-refractivity contribution in [2.45, 2.75) is 83.0 Å². The summed E-state index contributed by atoms with van der Waals surface area (Å²) in [6, 6.07) is 6.68. The van der Waals surface area contributed by atoms with Gasteiger partial charge in [0, 0.05) is 0 Å². The highest BCUT2D eigenvalue weighted by Crippen LogP contribution is 2.39. The number of hydrogen-bond acceptors (Lipinski definition) is 2. The molecule has 1 saturated heterocycles. The first-order chi connectivity index (χ1) is 13.3. The Morgan fingerprint density at radius 2 is 1.68 bits per heavy atom. The summed E-state index contributed by atoms with van der Waals surface area (Å²) in [5.74, 6) is 3.97. The fourth-order valence-electron chi connectivity index (χ4n) is 6.22. The molecule has 2 nitrogen and oxygen atoms in total. The van der Waals surface area contributed by atoms with Gasteiger partial charge >= 0.3 is 0 Å². The van der Waals surface area contributed by atoms with Crippen LogP contribution in [-0.2, 0) is 6.42 Å². The summed E-state index contributed by atoms with van der Waals surface area (Å²) in [7, 11) is 1.82. The lowest BCUT2D eigenvalue weighted by Crippen LogP contribution is -2.37. The Bertz CT molecular complexity index is 590. The van der Waals surface area contributed by atoms with Crippen LogP contribution in [0, 0.1) is 11.8 Å². The summed E-state index contributed by atoms with van der Waals surface area (Å²) in [6.07, 6.45) is 17.1. The number of methoxy groups -OCH3 is 1. The van der Waals surface area contributed by atoms with Gasteiger partial charge in [0.2, 0.25) is 0 Å². The predicted molar refractivity (Wildman–Crippen MR) is 121 cm³/mol. The lowest BCUT2D eigenvalue weighted by atomic mass is 9.76. The maximum Gasteiger partial charge on any atom is 0.122 e. The number of piperidine rings is 1. The van der Waals surface area contributed by atoms with Gasteiger partial charge in [0.25, 0.3) is 0 Å². The second-order valence-corrected chi connectivity index (χ2v) is 9.34. The molecule has 2 aliphatic carbocycles. The van der Waals surface area contributed by atoms with Crippen molar-refractivity contribution >= 4 is 12.4 Å². The zero-order valence-corrected chi connectivity index (χ0v) is 18.7. The number of rotatable bonds is 6. The van der Waals surface area contributed by atoms with Crippen LogP contribution in [0.5, 0.6) is 5.75 Å². The molecule has 0 amide bonds. The second kappa shape index (κ2) is 10.9. The van der Waals surface area contributed by atoms with E-state index in [0.717, 1.165) is 23.5 Å². The zero-order chi connectivity index (χ0) is 18.5. The van der Waals surface area contributed by atoms with E-state index in [9.17, 15) is 0 Å². The molecule has 1 aliphatic heterocycles. The molecule has 0 aromatic heterocycles. The van der Waals surface area contributed by atoms with Crippen molar-refractivity contribution < 1.29 is 4.74 Å². The smallest absolute Gasteiger partial charge is 0.122 e. The first-order valence-corrected chi connectivity index (χ1v) is 11.7. The van der Waals surface area contributed by atoms with E-state index in [-0.39, 0.29) is 12.4 Å². The third kappa shape index (κ3) is 5.25. The minimum atomic E-state index is 0. The summed E-state index contributed by atoms with van der Waals surface area (Å²) in [5, 5.41) is 0. The van der Waals surface area contributed by atoms with Crippen molar-refractivity contribution in [2.75, 3.05) is 26.7 Å². The third-order valence-electron chi connectivity index (χ3n) is 7.78. The summed E-state index contributed by atoms with van der Waals surface area (Å²) in [5.41, 5.74) is 3.07. The third-order valence-corrected chi connectivity index (χ3v) is 7.78. The van der Waals surface area contributed by atoms with Gasteiger partial charge in [0.1, 0.15) is 5.75 Å². The topological polar surface area (TPSA) is 12.5 Å². The van der Waals surface area contributed by atoms with E-state index in [2.05, 4.69) is 23.1 Å². The Morgan fingerprint density at radius 3 is 2.43 bits per heavy atom. The van der Waals surface area contributed by atoms with Crippen LogP contribution in [0.4, 0.5) is 0 Å². The van der Waals surface area contributed by atoms with Gasteiger partial charge in [-0.2, -0.15) is 0 Å². The molecule has 1 aromatic carbocycles. The lowest BCUT2D eigenvalue weighted by molar-refractivity contribution is 0.125. The number of ether oxygens (including phenoxy) is 1. The Hall–Kier alpha value is -0.730. The van der Waals surface area contributed by atoms with Gasteiger partial charge in [0.15, 0.2) is 0 Å². The molecule has 3 heteroatoms. The van der Waals surface area contributed by atoms with Crippen LogP contribution in [0.3, 0.4) is 0 Å². The molecule has 28 heavy (non-hydrogen) atoms. The molecular formula is C25H40ClNO. The highest BCUT2D eigenvalue weighted by molar-refractivity contribution is 5.85. The largest absolute Gasteiger partial charge is 0.496 e. The Balaban J connectivity index is 0.00000225. The Labute approximate surface area is 178 Å². The van der Waals surface area contributed by atoms with Crippen LogP contribution in [0.15, 0.2) is 18.2 Å². The molecule has 0 spiro atoms. The number of fused-ring (bicyclic) bond motifs is 1. The van der Waals surface area contributed by atoms with Crippen molar-refractivity contribution in [3.63, 3.8) is 0 Å². The summed E-state index contributed by atoms with van der Waals surface area (Å²) in [4.78, 5) is 2.76. The number of likely N-dealkylation sites (tertiary alicyclic amines) is 1. The zero-order valence-electron chi connectivity index (χ0n) is 17.8. The minimum Gasteiger partial charge on any atom is -0.496 e. The number of hydrogen-bond donors (Lipinski definition) is 0. The van der Waals surface area contributed by atoms with Crippen molar-refractivity contribution in [3.8, 4) is 5.75 Å². The Kier molecular flexibility index (Phi) is 8.53. The molecule has 4 rings (SSSR count). The van der Waals surface area contributed by atoms with E-state index in [0.29, 0.717) is 0 Å². The molecule has 3 aliphatic rings. The van der Waals surface area contributed by atoms with Crippen LogP contribution in [0.2, 0.25) is 0 Å². The van der Waals surface area contributed by atoms with Gasteiger partial charge in [-0.1, -0.05) is 44.2 Å². The van der Waals surface area contributed by atoms with E-state index in [4.69, 9.17) is 4.74 Å². The average Bonchev–Trinajstić information content (AvgIpc) is 2.74. The number of halogens is 1.